The van der Waals surface area contributed by atoms with Crippen molar-refractivity contribution in [2.45, 2.75) is 13.3 Å². The summed E-state index contributed by atoms with van der Waals surface area (Å²) >= 11 is 11.0. The maximum Gasteiger partial charge on any atom is 0.225 e. The van der Waals surface area contributed by atoms with Crippen LogP contribution in [-0.2, 0) is 6.42 Å². The molecule has 2 aromatic heterocycles. The first-order valence-corrected chi connectivity index (χ1v) is 8.18. The molecule has 3 aromatic rings. The van der Waals surface area contributed by atoms with Crippen LogP contribution in [-0.4, -0.2) is 9.97 Å². The summed E-state index contributed by atoms with van der Waals surface area (Å²) in [5, 5.41) is 6.61. The van der Waals surface area contributed by atoms with E-state index in [0.717, 1.165) is 32.6 Å². The normalized spacial score (nSPS) is 10.9. The molecule has 0 aliphatic heterocycles. The average molecular weight is 369 g/mol. The number of rotatable bonds is 3. The van der Waals surface area contributed by atoms with Gasteiger partial charge in [-0.1, -0.05) is 22.9 Å². The Labute approximate surface area is 134 Å². The van der Waals surface area contributed by atoms with Crippen LogP contribution in [0, 0.1) is 0 Å². The van der Waals surface area contributed by atoms with Crippen molar-refractivity contribution in [3.8, 4) is 0 Å². The Morgan fingerprint density at radius 1 is 1.30 bits per heavy atom. The van der Waals surface area contributed by atoms with E-state index in [1.165, 1.54) is 5.56 Å². The van der Waals surface area contributed by atoms with Gasteiger partial charge in [0.05, 0.1) is 5.39 Å². The molecule has 3 rings (SSSR count). The first kappa shape index (κ1) is 13.8. The molecule has 3 nitrogen and oxygen atoms in total. The lowest BCUT2D eigenvalue weighted by Crippen LogP contribution is -1.99. The van der Waals surface area contributed by atoms with E-state index in [2.05, 4.69) is 44.2 Å². The van der Waals surface area contributed by atoms with Gasteiger partial charge in [-0.3, -0.25) is 0 Å². The first-order chi connectivity index (χ1) is 9.67. The lowest BCUT2D eigenvalue weighted by Gasteiger charge is -2.11. The van der Waals surface area contributed by atoms with Crippen molar-refractivity contribution in [2.75, 3.05) is 5.32 Å². The fourth-order valence-electron chi connectivity index (χ4n) is 2.03. The molecule has 0 radical (unpaired) electrons. The zero-order valence-corrected chi connectivity index (χ0v) is 13.8. The van der Waals surface area contributed by atoms with Gasteiger partial charge in [0.1, 0.15) is 10.6 Å². The van der Waals surface area contributed by atoms with Crippen LogP contribution in [0.25, 0.3) is 10.2 Å². The Hall–Kier alpha value is -1.17. The number of halogens is 2. The third-order valence-corrected chi connectivity index (χ3v) is 4.47. The molecule has 0 unspecified atom stereocenters. The van der Waals surface area contributed by atoms with E-state index < -0.39 is 0 Å². The Morgan fingerprint density at radius 2 is 2.15 bits per heavy atom. The van der Waals surface area contributed by atoms with Gasteiger partial charge >= 0.3 is 0 Å². The molecule has 0 amide bonds. The molecule has 20 heavy (non-hydrogen) atoms. The number of aromatic nitrogens is 2. The Bertz CT molecular complexity index is 772. The molecule has 0 atom stereocenters. The van der Waals surface area contributed by atoms with Crippen molar-refractivity contribution in [1.82, 2.24) is 9.97 Å². The minimum atomic E-state index is 0.262. The van der Waals surface area contributed by atoms with Crippen LogP contribution in [0.15, 0.2) is 34.1 Å². The molecule has 0 aliphatic rings. The second-order valence-electron chi connectivity index (χ2n) is 4.26. The number of hydrogen-bond donors (Lipinski definition) is 1. The van der Waals surface area contributed by atoms with Gasteiger partial charge in [0, 0.05) is 10.2 Å². The highest BCUT2D eigenvalue weighted by Crippen LogP contribution is 2.30. The van der Waals surface area contributed by atoms with Gasteiger partial charge in [-0.05, 0) is 53.2 Å². The molecule has 2 heterocycles. The van der Waals surface area contributed by atoms with Crippen LogP contribution in [0.3, 0.4) is 0 Å². The molecule has 0 fully saturated rings. The summed E-state index contributed by atoms with van der Waals surface area (Å²) in [7, 11) is 0. The Balaban J connectivity index is 2.07. The molecule has 0 spiro atoms. The minimum absolute atomic E-state index is 0.262. The van der Waals surface area contributed by atoms with Crippen LogP contribution >= 0.6 is 38.9 Å². The lowest BCUT2D eigenvalue weighted by atomic mass is 10.1. The lowest BCUT2D eigenvalue weighted by molar-refractivity contribution is 1.13. The number of nitrogens with zero attached hydrogens (tertiary/aromatic N) is 2. The van der Waals surface area contributed by atoms with Crippen molar-refractivity contribution in [3.05, 3.63) is 45.0 Å². The third kappa shape index (κ3) is 2.66. The fraction of sp³-hybridized carbons (Fsp3) is 0.143. The van der Waals surface area contributed by atoms with Gasteiger partial charge in [0.15, 0.2) is 0 Å². The molecule has 0 bridgehead atoms. The number of fused-ring (bicyclic) bond motifs is 1. The highest BCUT2D eigenvalue weighted by Gasteiger charge is 2.10. The molecule has 1 aromatic carbocycles. The summed E-state index contributed by atoms with van der Waals surface area (Å²) in [6.45, 7) is 2.13. The topological polar surface area (TPSA) is 37.8 Å². The predicted octanol–water partition coefficient (Wildman–Crippen LogP) is 5.41. The van der Waals surface area contributed by atoms with Crippen LogP contribution in [0.5, 0.6) is 0 Å². The standard InChI is InChI=1S/C14H11BrClN3S/c1-2-8-7-9(15)3-4-11(8)17-12-10-5-6-20-13(10)19-14(16)18-12/h3-7H,2H2,1H3,(H,17,18,19). The summed E-state index contributed by atoms with van der Waals surface area (Å²) in [5.41, 5.74) is 2.26. The van der Waals surface area contributed by atoms with Gasteiger partial charge in [-0.2, -0.15) is 4.98 Å². The van der Waals surface area contributed by atoms with Gasteiger partial charge in [-0.15, -0.1) is 11.3 Å². The number of nitrogens with one attached hydrogen (secondary N) is 1. The summed E-state index contributed by atoms with van der Waals surface area (Å²) in [4.78, 5) is 9.42. The van der Waals surface area contributed by atoms with Gasteiger partial charge in [0.25, 0.3) is 0 Å². The number of thiophene rings is 1. The maximum atomic E-state index is 5.98. The maximum absolute atomic E-state index is 5.98. The highest BCUT2D eigenvalue weighted by molar-refractivity contribution is 9.10. The number of anilines is 2. The molecular weight excluding hydrogens is 358 g/mol. The van der Waals surface area contributed by atoms with E-state index in [1.54, 1.807) is 11.3 Å². The van der Waals surface area contributed by atoms with E-state index in [4.69, 9.17) is 11.6 Å². The summed E-state index contributed by atoms with van der Waals surface area (Å²) in [5.74, 6) is 0.748. The Morgan fingerprint density at radius 3 is 2.95 bits per heavy atom. The van der Waals surface area contributed by atoms with Crippen molar-refractivity contribution in [3.63, 3.8) is 0 Å². The van der Waals surface area contributed by atoms with Crippen LogP contribution in [0.4, 0.5) is 11.5 Å². The van der Waals surface area contributed by atoms with Crippen molar-refractivity contribution >= 4 is 60.6 Å². The summed E-state index contributed by atoms with van der Waals surface area (Å²) in [6, 6.07) is 8.16. The summed E-state index contributed by atoms with van der Waals surface area (Å²) in [6.07, 6.45) is 0.938. The minimum Gasteiger partial charge on any atom is -0.339 e. The number of hydrogen-bond acceptors (Lipinski definition) is 4. The van der Waals surface area contributed by atoms with E-state index in [1.807, 2.05) is 23.6 Å². The van der Waals surface area contributed by atoms with Crippen molar-refractivity contribution in [1.29, 1.82) is 0 Å². The van der Waals surface area contributed by atoms with Crippen LogP contribution in [0.2, 0.25) is 5.28 Å². The molecular formula is C14H11BrClN3S. The zero-order valence-electron chi connectivity index (χ0n) is 10.7. The molecule has 102 valence electrons. The third-order valence-electron chi connectivity index (χ3n) is 3.00. The molecule has 0 saturated carbocycles. The fourth-order valence-corrected chi connectivity index (χ4v) is 3.42. The predicted molar refractivity (Wildman–Crippen MR) is 89.2 cm³/mol. The van der Waals surface area contributed by atoms with E-state index in [0.29, 0.717) is 0 Å². The number of benzene rings is 1. The van der Waals surface area contributed by atoms with E-state index in [9.17, 15) is 0 Å². The Kier molecular flexibility index (Phi) is 3.92. The number of aryl methyl sites for hydroxylation is 1. The first-order valence-electron chi connectivity index (χ1n) is 6.13. The molecule has 0 saturated heterocycles. The second kappa shape index (κ2) is 5.68. The quantitative estimate of drug-likeness (QED) is 0.628. The zero-order chi connectivity index (χ0) is 14.1. The van der Waals surface area contributed by atoms with E-state index >= 15 is 0 Å². The molecule has 6 heteroatoms. The molecule has 1 N–H and O–H groups in total. The summed E-state index contributed by atoms with van der Waals surface area (Å²) < 4.78 is 1.07. The van der Waals surface area contributed by atoms with Gasteiger partial charge < -0.3 is 5.32 Å². The molecule has 0 aliphatic carbocycles. The van der Waals surface area contributed by atoms with Gasteiger partial charge in [0.2, 0.25) is 5.28 Å². The highest BCUT2D eigenvalue weighted by atomic mass is 79.9. The van der Waals surface area contributed by atoms with Crippen molar-refractivity contribution < 1.29 is 0 Å². The van der Waals surface area contributed by atoms with Crippen LogP contribution < -0.4 is 5.32 Å². The smallest absolute Gasteiger partial charge is 0.225 e. The largest absolute Gasteiger partial charge is 0.339 e. The van der Waals surface area contributed by atoms with Crippen molar-refractivity contribution in [2.24, 2.45) is 0 Å². The SMILES string of the molecule is CCc1cc(Br)ccc1Nc1nc(Cl)nc2sccc12. The second-order valence-corrected chi connectivity index (χ2v) is 6.41. The average Bonchev–Trinajstić information content (AvgIpc) is 2.88. The monoisotopic (exact) mass is 367 g/mol. The van der Waals surface area contributed by atoms with E-state index in [-0.39, 0.29) is 5.28 Å². The van der Waals surface area contributed by atoms with Gasteiger partial charge in [-0.25, -0.2) is 4.98 Å². The van der Waals surface area contributed by atoms with Crippen LogP contribution in [0.1, 0.15) is 12.5 Å².